The molecule has 2 aliphatic heterocycles. The lowest BCUT2D eigenvalue weighted by atomic mass is 10.3. The average Bonchev–Trinajstić information content (AvgIpc) is 3.27. The molecular formula is C19H26N2O4S2. The molecule has 0 aromatic carbocycles. The van der Waals surface area contributed by atoms with Crippen LogP contribution in [-0.4, -0.2) is 63.4 Å². The van der Waals surface area contributed by atoms with Gasteiger partial charge in [0.1, 0.15) is 26.4 Å². The van der Waals surface area contributed by atoms with E-state index in [0.717, 1.165) is 55.6 Å². The van der Waals surface area contributed by atoms with Gasteiger partial charge in [0.05, 0.1) is 9.75 Å². The number of rotatable bonds is 8. The Hall–Kier alpha value is -1.48. The third-order valence-electron chi connectivity index (χ3n) is 4.65. The molecule has 4 rings (SSSR count). The molecule has 0 unspecified atom stereocenters. The van der Waals surface area contributed by atoms with Crippen LogP contribution in [0.1, 0.15) is 16.2 Å². The first-order chi connectivity index (χ1) is 13.2. The first-order valence-electron chi connectivity index (χ1n) is 9.29. The standard InChI is InChI=1S/C19H26N2O4S2/c1-20(10-16-18-14(12-26-16)22-6-8-24-18)4-3-5-21(2)11-17-19-15(13-27-17)23-7-9-25-19/h12-13H,3-11H2,1-2H3. The van der Waals surface area contributed by atoms with Gasteiger partial charge in [-0.1, -0.05) is 0 Å². The zero-order valence-corrected chi connectivity index (χ0v) is 17.5. The maximum absolute atomic E-state index is 5.77. The maximum Gasteiger partial charge on any atom is 0.176 e. The predicted octanol–water partition coefficient (Wildman–Crippen LogP) is 3.31. The molecule has 2 aromatic rings. The lowest BCUT2D eigenvalue weighted by Crippen LogP contribution is -2.25. The van der Waals surface area contributed by atoms with Gasteiger partial charge in [-0.2, -0.15) is 0 Å². The highest BCUT2D eigenvalue weighted by Crippen LogP contribution is 2.40. The number of ether oxygens (including phenoxy) is 4. The second-order valence-corrected chi connectivity index (χ2v) is 8.86. The van der Waals surface area contributed by atoms with E-state index in [4.69, 9.17) is 18.9 Å². The summed E-state index contributed by atoms with van der Waals surface area (Å²) >= 11 is 3.45. The van der Waals surface area contributed by atoms with Crippen molar-refractivity contribution in [1.82, 2.24) is 9.80 Å². The molecule has 0 radical (unpaired) electrons. The molecular weight excluding hydrogens is 384 g/mol. The van der Waals surface area contributed by atoms with Crippen molar-refractivity contribution in [2.45, 2.75) is 19.5 Å². The summed E-state index contributed by atoms with van der Waals surface area (Å²) in [6, 6.07) is 0. The van der Waals surface area contributed by atoms with Crippen LogP contribution in [-0.2, 0) is 13.1 Å². The fourth-order valence-corrected chi connectivity index (χ4v) is 5.28. The Balaban J connectivity index is 1.21. The fourth-order valence-electron chi connectivity index (χ4n) is 3.31. The summed E-state index contributed by atoms with van der Waals surface area (Å²) in [5.74, 6) is 3.69. The van der Waals surface area contributed by atoms with Crippen molar-refractivity contribution in [3.05, 3.63) is 20.5 Å². The van der Waals surface area contributed by atoms with Crippen LogP contribution in [0.15, 0.2) is 10.8 Å². The average molecular weight is 411 g/mol. The van der Waals surface area contributed by atoms with Gasteiger partial charge in [-0.25, -0.2) is 0 Å². The number of thiophene rings is 2. The van der Waals surface area contributed by atoms with Crippen LogP contribution >= 0.6 is 22.7 Å². The van der Waals surface area contributed by atoms with E-state index < -0.39 is 0 Å². The maximum atomic E-state index is 5.77. The number of hydrogen-bond acceptors (Lipinski definition) is 8. The summed E-state index contributed by atoms with van der Waals surface area (Å²) in [5.41, 5.74) is 0. The second kappa shape index (κ2) is 8.68. The van der Waals surface area contributed by atoms with E-state index in [2.05, 4.69) is 34.7 Å². The Bertz CT molecular complexity index is 699. The van der Waals surface area contributed by atoms with Gasteiger partial charge in [-0.15, -0.1) is 22.7 Å². The molecule has 148 valence electrons. The normalized spacial score (nSPS) is 15.6. The van der Waals surface area contributed by atoms with E-state index in [1.807, 2.05) is 0 Å². The van der Waals surface area contributed by atoms with Crippen molar-refractivity contribution in [1.29, 1.82) is 0 Å². The van der Waals surface area contributed by atoms with Crippen LogP contribution in [0.2, 0.25) is 0 Å². The van der Waals surface area contributed by atoms with Gasteiger partial charge < -0.3 is 28.7 Å². The number of fused-ring (bicyclic) bond motifs is 2. The minimum Gasteiger partial charge on any atom is -0.485 e. The Labute approximate surface area is 168 Å². The van der Waals surface area contributed by atoms with Gasteiger partial charge in [0.25, 0.3) is 0 Å². The molecule has 0 aliphatic carbocycles. The predicted molar refractivity (Wildman–Crippen MR) is 108 cm³/mol. The third kappa shape index (κ3) is 4.51. The molecule has 0 N–H and O–H groups in total. The van der Waals surface area contributed by atoms with E-state index in [1.54, 1.807) is 22.7 Å². The van der Waals surface area contributed by atoms with Crippen LogP contribution in [0.3, 0.4) is 0 Å². The van der Waals surface area contributed by atoms with E-state index in [0.29, 0.717) is 26.4 Å². The van der Waals surface area contributed by atoms with Gasteiger partial charge >= 0.3 is 0 Å². The molecule has 2 aromatic heterocycles. The van der Waals surface area contributed by atoms with Crippen molar-refractivity contribution in [2.75, 3.05) is 53.6 Å². The summed E-state index contributed by atoms with van der Waals surface area (Å²) in [4.78, 5) is 7.20. The van der Waals surface area contributed by atoms with Gasteiger partial charge in [-0.3, -0.25) is 0 Å². The summed E-state index contributed by atoms with van der Waals surface area (Å²) in [6.45, 7) is 6.47. The lowest BCUT2D eigenvalue weighted by molar-refractivity contribution is 0.169. The van der Waals surface area contributed by atoms with Gasteiger partial charge in [0.15, 0.2) is 23.0 Å². The van der Waals surface area contributed by atoms with Gasteiger partial charge in [0.2, 0.25) is 0 Å². The zero-order valence-electron chi connectivity index (χ0n) is 15.9. The molecule has 0 bridgehead atoms. The van der Waals surface area contributed by atoms with E-state index >= 15 is 0 Å². The molecule has 6 nitrogen and oxygen atoms in total. The van der Waals surface area contributed by atoms with Crippen LogP contribution < -0.4 is 18.9 Å². The lowest BCUT2D eigenvalue weighted by Gasteiger charge is -2.22. The molecule has 8 heteroatoms. The zero-order chi connectivity index (χ0) is 18.6. The topological polar surface area (TPSA) is 43.4 Å². The Morgan fingerprint density at radius 3 is 1.67 bits per heavy atom. The number of hydrogen-bond donors (Lipinski definition) is 0. The van der Waals surface area contributed by atoms with Gasteiger partial charge in [0, 0.05) is 23.8 Å². The van der Waals surface area contributed by atoms with E-state index in [1.165, 1.54) is 9.75 Å². The second-order valence-electron chi connectivity index (χ2n) is 6.93. The molecule has 0 amide bonds. The minimum absolute atomic E-state index is 0.645. The highest BCUT2D eigenvalue weighted by Gasteiger charge is 2.20. The highest BCUT2D eigenvalue weighted by molar-refractivity contribution is 7.10. The highest BCUT2D eigenvalue weighted by atomic mass is 32.1. The van der Waals surface area contributed by atoms with Crippen molar-refractivity contribution in [3.8, 4) is 23.0 Å². The fraction of sp³-hybridized carbons (Fsp3) is 0.579. The Morgan fingerprint density at radius 1 is 0.741 bits per heavy atom. The van der Waals surface area contributed by atoms with Crippen molar-refractivity contribution >= 4 is 22.7 Å². The van der Waals surface area contributed by atoms with E-state index in [-0.39, 0.29) is 0 Å². The SMILES string of the molecule is CN(CCCN(C)Cc1scc2c1OCCO2)Cc1scc2c1OCCO2. The largest absolute Gasteiger partial charge is 0.485 e. The summed E-state index contributed by atoms with van der Waals surface area (Å²) in [7, 11) is 4.33. The molecule has 0 spiro atoms. The van der Waals surface area contributed by atoms with Crippen molar-refractivity contribution < 1.29 is 18.9 Å². The molecule has 4 heterocycles. The van der Waals surface area contributed by atoms with Crippen LogP contribution in [0.5, 0.6) is 23.0 Å². The van der Waals surface area contributed by atoms with Crippen molar-refractivity contribution in [2.24, 2.45) is 0 Å². The minimum atomic E-state index is 0.645. The monoisotopic (exact) mass is 410 g/mol. The smallest absolute Gasteiger partial charge is 0.176 e. The molecule has 27 heavy (non-hydrogen) atoms. The third-order valence-corrected chi connectivity index (χ3v) is 6.51. The summed E-state index contributed by atoms with van der Waals surface area (Å²) in [6.07, 6.45) is 1.11. The Kier molecular flexibility index (Phi) is 6.07. The quantitative estimate of drug-likeness (QED) is 0.665. The number of nitrogens with zero attached hydrogens (tertiary/aromatic N) is 2. The van der Waals surface area contributed by atoms with Crippen molar-refractivity contribution in [3.63, 3.8) is 0 Å². The summed E-state index contributed by atoms with van der Waals surface area (Å²) in [5, 5.41) is 4.11. The first kappa shape index (κ1) is 18.9. The molecule has 2 aliphatic rings. The molecule has 0 atom stereocenters. The first-order valence-corrected chi connectivity index (χ1v) is 11.1. The summed E-state index contributed by atoms with van der Waals surface area (Å²) < 4.78 is 22.8. The van der Waals surface area contributed by atoms with Crippen LogP contribution in [0.25, 0.3) is 0 Å². The molecule has 0 saturated heterocycles. The molecule has 0 saturated carbocycles. The molecule has 0 fully saturated rings. The van der Waals surface area contributed by atoms with Crippen LogP contribution in [0.4, 0.5) is 0 Å². The van der Waals surface area contributed by atoms with Crippen LogP contribution in [0, 0.1) is 0 Å². The van der Waals surface area contributed by atoms with E-state index in [9.17, 15) is 0 Å². The Morgan fingerprint density at radius 2 is 1.19 bits per heavy atom. The van der Waals surface area contributed by atoms with Gasteiger partial charge in [-0.05, 0) is 33.6 Å².